The molecule has 0 bridgehead atoms. The first-order chi connectivity index (χ1) is 15.0. The fourth-order valence-corrected chi connectivity index (χ4v) is 2.85. The third-order valence-corrected chi connectivity index (χ3v) is 4.23. The Morgan fingerprint density at radius 2 is 1.87 bits per heavy atom. The summed E-state index contributed by atoms with van der Waals surface area (Å²) >= 11 is 0. The second-order valence-corrected chi connectivity index (χ2v) is 6.69. The standard InChI is InChI=1S/C21H18N6O4/c1-13-10-19(25-21(22-13)15-4-3-5-17(11-15)27(28)29)24-16-6-8-18(9-7-16)30-12-20-23-14(2)31-26-20/h3-11H,12H2,1-2H3,(H,22,24,25). The van der Waals surface area contributed by atoms with Crippen LogP contribution in [0.5, 0.6) is 5.75 Å². The zero-order valence-electron chi connectivity index (χ0n) is 16.8. The lowest BCUT2D eigenvalue weighted by molar-refractivity contribution is -0.384. The normalized spacial score (nSPS) is 10.6. The summed E-state index contributed by atoms with van der Waals surface area (Å²) in [6.07, 6.45) is 0. The number of hydrogen-bond acceptors (Lipinski definition) is 9. The van der Waals surface area contributed by atoms with Gasteiger partial charge in [0.1, 0.15) is 11.6 Å². The lowest BCUT2D eigenvalue weighted by Gasteiger charge is -2.10. The molecule has 2 heterocycles. The predicted molar refractivity (Wildman–Crippen MR) is 112 cm³/mol. The predicted octanol–water partition coefficient (Wildman–Crippen LogP) is 4.37. The maximum atomic E-state index is 11.0. The van der Waals surface area contributed by atoms with Crippen molar-refractivity contribution in [3.8, 4) is 17.1 Å². The molecule has 0 aliphatic heterocycles. The van der Waals surface area contributed by atoms with Crippen LogP contribution in [0.3, 0.4) is 0 Å². The molecule has 1 N–H and O–H groups in total. The third kappa shape index (κ3) is 4.99. The topological polar surface area (TPSA) is 129 Å². The summed E-state index contributed by atoms with van der Waals surface area (Å²) < 4.78 is 10.6. The largest absolute Gasteiger partial charge is 0.485 e. The van der Waals surface area contributed by atoms with E-state index in [-0.39, 0.29) is 12.3 Å². The van der Waals surface area contributed by atoms with E-state index in [1.54, 1.807) is 25.1 Å². The Hall–Kier alpha value is -4.34. The Bertz CT molecular complexity index is 1220. The molecule has 0 aliphatic carbocycles. The lowest BCUT2D eigenvalue weighted by atomic mass is 10.2. The summed E-state index contributed by atoms with van der Waals surface area (Å²) in [7, 11) is 0. The maximum Gasteiger partial charge on any atom is 0.270 e. The van der Waals surface area contributed by atoms with Crippen molar-refractivity contribution in [3.63, 3.8) is 0 Å². The number of benzene rings is 2. The zero-order chi connectivity index (χ0) is 21.8. The minimum atomic E-state index is -0.443. The molecule has 2 aromatic heterocycles. The third-order valence-electron chi connectivity index (χ3n) is 4.23. The Labute approximate surface area is 177 Å². The van der Waals surface area contributed by atoms with Crippen molar-refractivity contribution in [1.82, 2.24) is 20.1 Å². The van der Waals surface area contributed by atoms with Crippen LogP contribution in [0.1, 0.15) is 17.4 Å². The molecule has 10 nitrogen and oxygen atoms in total. The number of nitro benzene ring substituents is 1. The number of ether oxygens (including phenoxy) is 1. The second kappa shape index (κ2) is 8.57. The van der Waals surface area contributed by atoms with Gasteiger partial charge in [0.25, 0.3) is 5.69 Å². The molecule has 31 heavy (non-hydrogen) atoms. The van der Waals surface area contributed by atoms with Crippen molar-refractivity contribution >= 4 is 17.2 Å². The van der Waals surface area contributed by atoms with E-state index in [4.69, 9.17) is 9.26 Å². The molecule has 0 saturated heterocycles. The highest BCUT2D eigenvalue weighted by atomic mass is 16.6. The van der Waals surface area contributed by atoms with Gasteiger partial charge in [0.05, 0.1) is 4.92 Å². The molecule has 10 heteroatoms. The van der Waals surface area contributed by atoms with Gasteiger partial charge in [-0.3, -0.25) is 10.1 Å². The molecule has 0 spiro atoms. The Morgan fingerprint density at radius 1 is 1.06 bits per heavy atom. The van der Waals surface area contributed by atoms with Crippen LogP contribution in [0.15, 0.2) is 59.1 Å². The number of hydrogen-bond donors (Lipinski definition) is 1. The fraction of sp³-hybridized carbons (Fsp3) is 0.143. The number of aryl methyl sites for hydroxylation is 2. The number of nitro groups is 1. The van der Waals surface area contributed by atoms with E-state index < -0.39 is 4.92 Å². The van der Waals surface area contributed by atoms with Gasteiger partial charge in [-0.05, 0) is 31.2 Å². The Kier molecular flexibility index (Phi) is 5.52. The van der Waals surface area contributed by atoms with Crippen molar-refractivity contribution in [2.45, 2.75) is 20.5 Å². The highest BCUT2D eigenvalue weighted by molar-refractivity contribution is 5.64. The van der Waals surface area contributed by atoms with Crippen LogP contribution >= 0.6 is 0 Å². The van der Waals surface area contributed by atoms with Crippen molar-refractivity contribution in [2.75, 3.05) is 5.32 Å². The van der Waals surface area contributed by atoms with Crippen molar-refractivity contribution < 1.29 is 14.2 Å². The summed E-state index contributed by atoms with van der Waals surface area (Å²) in [5.74, 6) is 2.60. The van der Waals surface area contributed by atoms with E-state index >= 15 is 0 Å². The minimum Gasteiger partial charge on any atom is -0.485 e. The van der Waals surface area contributed by atoms with Crippen LogP contribution in [0.2, 0.25) is 0 Å². The molecule has 0 amide bonds. The smallest absolute Gasteiger partial charge is 0.270 e. The number of rotatable bonds is 7. The van der Waals surface area contributed by atoms with Crippen LogP contribution < -0.4 is 10.1 Å². The molecule has 0 fully saturated rings. The van der Waals surface area contributed by atoms with E-state index in [0.29, 0.717) is 34.7 Å². The molecule has 0 unspecified atom stereocenters. The van der Waals surface area contributed by atoms with Gasteiger partial charge in [-0.2, -0.15) is 4.98 Å². The summed E-state index contributed by atoms with van der Waals surface area (Å²) in [6, 6.07) is 15.4. The van der Waals surface area contributed by atoms with Crippen LogP contribution in [0.4, 0.5) is 17.2 Å². The van der Waals surface area contributed by atoms with E-state index in [0.717, 1.165) is 11.4 Å². The maximum absolute atomic E-state index is 11.0. The Balaban J connectivity index is 1.48. The number of anilines is 2. The lowest BCUT2D eigenvalue weighted by Crippen LogP contribution is -2.00. The molecule has 4 aromatic rings. The van der Waals surface area contributed by atoms with E-state index in [9.17, 15) is 10.1 Å². The fourth-order valence-electron chi connectivity index (χ4n) is 2.85. The average molecular weight is 418 g/mol. The quantitative estimate of drug-likeness (QED) is 0.343. The van der Waals surface area contributed by atoms with Gasteiger partial charge in [0.15, 0.2) is 12.4 Å². The first-order valence-electron chi connectivity index (χ1n) is 9.36. The summed E-state index contributed by atoms with van der Waals surface area (Å²) in [5, 5.41) is 18.0. The minimum absolute atomic E-state index is 0.0105. The highest BCUT2D eigenvalue weighted by Gasteiger charge is 2.11. The molecule has 4 rings (SSSR count). The summed E-state index contributed by atoms with van der Waals surface area (Å²) in [4.78, 5) is 23.6. The molecule has 0 atom stereocenters. The van der Waals surface area contributed by atoms with Crippen molar-refractivity contribution in [3.05, 3.63) is 82.1 Å². The van der Waals surface area contributed by atoms with Gasteiger partial charge >= 0.3 is 0 Å². The molecule has 0 radical (unpaired) electrons. The highest BCUT2D eigenvalue weighted by Crippen LogP contribution is 2.25. The first kappa shape index (κ1) is 20.0. The van der Waals surface area contributed by atoms with Gasteiger partial charge in [0, 0.05) is 42.1 Å². The number of nitrogens with one attached hydrogen (secondary N) is 1. The van der Waals surface area contributed by atoms with E-state index in [1.165, 1.54) is 12.1 Å². The zero-order valence-corrected chi connectivity index (χ0v) is 16.8. The molecular weight excluding hydrogens is 400 g/mol. The van der Waals surface area contributed by atoms with Gasteiger partial charge in [0.2, 0.25) is 11.7 Å². The van der Waals surface area contributed by atoms with Gasteiger partial charge in [-0.15, -0.1) is 0 Å². The van der Waals surface area contributed by atoms with Gasteiger partial charge in [-0.1, -0.05) is 17.3 Å². The molecule has 0 saturated carbocycles. The van der Waals surface area contributed by atoms with Crippen molar-refractivity contribution in [1.29, 1.82) is 0 Å². The van der Waals surface area contributed by atoms with Crippen LogP contribution in [0.25, 0.3) is 11.4 Å². The van der Waals surface area contributed by atoms with Crippen molar-refractivity contribution in [2.24, 2.45) is 0 Å². The second-order valence-electron chi connectivity index (χ2n) is 6.69. The molecule has 0 aliphatic rings. The summed E-state index contributed by atoms with van der Waals surface area (Å²) in [5.41, 5.74) is 2.09. The molecule has 2 aromatic carbocycles. The Morgan fingerprint density at radius 3 is 2.58 bits per heavy atom. The number of nitrogens with zero attached hydrogens (tertiary/aromatic N) is 5. The molecular formula is C21H18N6O4. The van der Waals surface area contributed by atoms with Gasteiger partial charge in [-0.25, -0.2) is 9.97 Å². The average Bonchev–Trinajstić information content (AvgIpc) is 3.18. The van der Waals surface area contributed by atoms with Crippen LogP contribution in [-0.2, 0) is 6.61 Å². The molecule has 156 valence electrons. The van der Waals surface area contributed by atoms with E-state index in [1.807, 2.05) is 31.2 Å². The SMILES string of the molecule is Cc1cc(Nc2ccc(OCc3noc(C)n3)cc2)nc(-c2cccc([N+](=O)[O-])c2)n1. The number of aromatic nitrogens is 4. The summed E-state index contributed by atoms with van der Waals surface area (Å²) in [6.45, 7) is 3.77. The van der Waals surface area contributed by atoms with E-state index in [2.05, 4.69) is 25.4 Å². The first-order valence-corrected chi connectivity index (χ1v) is 9.36. The van der Waals surface area contributed by atoms with Gasteiger partial charge < -0.3 is 14.6 Å². The van der Waals surface area contributed by atoms with Crippen LogP contribution in [0, 0.1) is 24.0 Å². The monoisotopic (exact) mass is 418 g/mol. The van der Waals surface area contributed by atoms with Crippen LogP contribution in [-0.4, -0.2) is 25.0 Å². The number of non-ortho nitro benzene ring substituents is 1.